The fourth-order valence-corrected chi connectivity index (χ4v) is 3.54. The van der Waals surface area contributed by atoms with E-state index >= 15 is 0 Å². The van der Waals surface area contributed by atoms with Crippen LogP contribution in [0.4, 0.5) is 18.9 Å². The van der Waals surface area contributed by atoms with Gasteiger partial charge in [-0.05, 0) is 61.4 Å². The number of carbonyl (C=O) groups is 1. The van der Waals surface area contributed by atoms with E-state index in [-0.39, 0.29) is 10.8 Å². The fourth-order valence-electron chi connectivity index (χ4n) is 2.60. The number of benzene rings is 2. The van der Waals surface area contributed by atoms with Crippen molar-refractivity contribution >= 4 is 35.0 Å². The van der Waals surface area contributed by atoms with Gasteiger partial charge in [0.15, 0.2) is 0 Å². The number of hydrogen-bond acceptors (Lipinski definition) is 3. The zero-order valence-electron chi connectivity index (χ0n) is 15.5. The molecule has 0 heterocycles. The molecule has 0 fully saturated rings. The quantitative estimate of drug-likeness (QED) is 0.512. The van der Waals surface area contributed by atoms with Gasteiger partial charge in [-0.2, -0.15) is 24.9 Å². The van der Waals surface area contributed by atoms with Crippen LogP contribution in [0.15, 0.2) is 36.4 Å². The van der Waals surface area contributed by atoms with Gasteiger partial charge in [-0.1, -0.05) is 23.7 Å². The van der Waals surface area contributed by atoms with E-state index in [1.54, 1.807) is 0 Å². The third kappa shape index (κ3) is 6.95. The van der Waals surface area contributed by atoms with Gasteiger partial charge in [0.1, 0.15) is 5.75 Å². The van der Waals surface area contributed by atoms with Crippen LogP contribution < -0.4 is 10.1 Å². The number of ether oxygens (including phenoxy) is 1. The molecule has 1 N–H and O–H groups in total. The van der Waals surface area contributed by atoms with Crippen molar-refractivity contribution in [2.45, 2.75) is 26.4 Å². The normalized spacial score (nSPS) is 11.4. The van der Waals surface area contributed by atoms with Crippen LogP contribution in [0.3, 0.4) is 0 Å². The number of thioether (sulfide) groups is 1. The van der Waals surface area contributed by atoms with Crippen molar-refractivity contribution in [3.63, 3.8) is 0 Å². The lowest BCUT2D eigenvalue weighted by Gasteiger charge is -2.15. The number of aryl methyl sites for hydroxylation is 2. The summed E-state index contributed by atoms with van der Waals surface area (Å²) in [4.78, 5) is 12.0. The molecule has 1 amide bonds. The number of para-hydroxylation sites is 1. The van der Waals surface area contributed by atoms with E-state index in [2.05, 4.69) is 11.4 Å². The summed E-state index contributed by atoms with van der Waals surface area (Å²) in [6.07, 6.45) is -3.88. The highest BCUT2D eigenvalue weighted by atomic mass is 35.5. The second-order valence-electron chi connectivity index (χ2n) is 6.29. The molecule has 0 radical (unpaired) electrons. The van der Waals surface area contributed by atoms with E-state index in [0.717, 1.165) is 22.9 Å². The maximum Gasteiger partial charge on any atom is 0.418 e. The first-order valence-corrected chi connectivity index (χ1v) is 10.1. The molecule has 28 heavy (non-hydrogen) atoms. The summed E-state index contributed by atoms with van der Waals surface area (Å²) in [6, 6.07) is 9.36. The Morgan fingerprint density at radius 3 is 2.50 bits per heavy atom. The average Bonchev–Trinajstić information content (AvgIpc) is 2.58. The predicted molar refractivity (Wildman–Crippen MR) is 108 cm³/mol. The molecule has 0 spiro atoms. The highest BCUT2D eigenvalue weighted by Crippen LogP contribution is 2.38. The largest absolute Gasteiger partial charge is 0.494 e. The number of nitrogens with one attached hydrogen (secondary N) is 1. The summed E-state index contributed by atoms with van der Waals surface area (Å²) in [5, 5.41) is 2.13. The molecule has 0 aliphatic rings. The van der Waals surface area contributed by atoms with Crippen LogP contribution in [0, 0.1) is 13.8 Å². The maximum atomic E-state index is 13.0. The van der Waals surface area contributed by atoms with E-state index in [4.69, 9.17) is 16.3 Å². The van der Waals surface area contributed by atoms with Gasteiger partial charge in [0.2, 0.25) is 5.91 Å². The summed E-state index contributed by atoms with van der Waals surface area (Å²) in [5.41, 5.74) is 0.887. The second kappa shape index (κ2) is 10.1. The van der Waals surface area contributed by atoms with Crippen LogP contribution in [-0.4, -0.2) is 24.0 Å². The van der Waals surface area contributed by atoms with Crippen LogP contribution in [0.25, 0.3) is 0 Å². The average molecular weight is 432 g/mol. The summed E-state index contributed by atoms with van der Waals surface area (Å²) in [5.74, 6) is 0.955. The van der Waals surface area contributed by atoms with E-state index in [1.165, 1.54) is 23.9 Å². The molecule has 0 bridgehead atoms. The molecule has 152 valence electrons. The fraction of sp³-hybridized carbons (Fsp3) is 0.350. The zero-order chi connectivity index (χ0) is 20.7. The number of amides is 1. The first-order valence-electron chi connectivity index (χ1n) is 8.61. The molecular formula is C20H21ClF3NO2S. The Kier molecular flexibility index (Phi) is 8.07. The third-order valence-electron chi connectivity index (χ3n) is 3.71. The van der Waals surface area contributed by atoms with Gasteiger partial charge >= 0.3 is 6.18 Å². The molecule has 0 aliphatic heterocycles. The van der Waals surface area contributed by atoms with Gasteiger partial charge in [0, 0.05) is 0 Å². The molecule has 2 aromatic carbocycles. The summed E-state index contributed by atoms with van der Waals surface area (Å²) in [6.45, 7) is 4.50. The lowest BCUT2D eigenvalue weighted by Crippen LogP contribution is -2.18. The number of carbonyl (C=O) groups excluding carboxylic acids is 1. The van der Waals surface area contributed by atoms with Crippen molar-refractivity contribution in [2.24, 2.45) is 0 Å². The van der Waals surface area contributed by atoms with Crippen molar-refractivity contribution < 1.29 is 22.7 Å². The van der Waals surface area contributed by atoms with Crippen molar-refractivity contribution in [1.82, 2.24) is 0 Å². The molecule has 0 aliphatic carbocycles. The first-order chi connectivity index (χ1) is 13.2. The van der Waals surface area contributed by atoms with Gasteiger partial charge < -0.3 is 10.1 Å². The number of anilines is 1. The molecule has 2 rings (SSSR count). The molecule has 0 saturated heterocycles. The number of hydrogen-bond donors (Lipinski definition) is 1. The number of halogens is 4. The molecule has 3 nitrogen and oxygen atoms in total. The lowest BCUT2D eigenvalue weighted by molar-refractivity contribution is -0.137. The predicted octanol–water partition coefficient (Wildman–Crippen LogP) is 6.12. The molecule has 2 aromatic rings. The monoisotopic (exact) mass is 431 g/mol. The number of alkyl halides is 3. The third-order valence-corrected chi connectivity index (χ3v) is 5.07. The molecule has 0 saturated carbocycles. The maximum absolute atomic E-state index is 13.0. The zero-order valence-corrected chi connectivity index (χ0v) is 17.1. The Bertz CT molecular complexity index is 807. The van der Waals surface area contributed by atoms with Crippen LogP contribution >= 0.6 is 23.4 Å². The van der Waals surface area contributed by atoms with E-state index in [9.17, 15) is 18.0 Å². The van der Waals surface area contributed by atoms with Crippen LogP contribution in [0.5, 0.6) is 5.75 Å². The molecular weight excluding hydrogens is 411 g/mol. The van der Waals surface area contributed by atoms with Gasteiger partial charge in [-0.15, -0.1) is 0 Å². The Labute approximate surface area is 171 Å². The minimum Gasteiger partial charge on any atom is -0.494 e. The summed E-state index contributed by atoms with van der Waals surface area (Å²) in [7, 11) is 0. The van der Waals surface area contributed by atoms with Crippen molar-refractivity contribution in [3.05, 3.63) is 58.1 Å². The smallest absolute Gasteiger partial charge is 0.418 e. The van der Waals surface area contributed by atoms with Gasteiger partial charge in [0.05, 0.1) is 28.6 Å². The lowest BCUT2D eigenvalue weighted by atomic mass is 10.1. The summed E-state index contributed by atoms with van der Waals surface area (Å²) >= 11 is 7.15. The molecule has 8 heteroatoms. The van der Waals surface area contributed by atoms with Gasteiger partial charge in [-0.25, -0.2) is 0 Å². The van der Waals surface area contributed by atoms with Crippen molar-refractivity contribution in [2.75, 3.05) is 23.4 Å². The van der Waals surface area contributed by atoms with Crippen molar-refractivity contribution in [3.8, 4) is 5.75 Å². The Hall–Kier alpha value is -1.86. The SMILES string of the molecule is Cc1cc(C)cc(OCCCSCC(=O)Nc2c(Cl)cccc2C(F)(F)F)c1. The highest BCUT2D eigenvalue weighted by Gasteiger charge is 2.34. The standard InChI is InChI=1S/C20H21ClF3NO2S/c1-13-9-14(2)11-15(10-13)27-7-4-8-28-12-18(26)25-19-16(20(22,23)24)5-3-6-17(19)21/h3,5-6,9-11H,4,7-8,12H2,1-2H3,(H,25,26). The van der Waals surface area contributed by atoms with Gasteiger partial charge in [0.25, 0.3) is 0 Å². The highest BCUT2D eigenvalue weighted by molar-refractivity contribution is 7.99. The topological polar surface area (TPSA) is 38.3 Å². The van der Waals surface area contributed by atoms with Crippen LogP contribution in [0.2, 0.25) is 5.02 Å². The Balaban J connectivity index is 1.75. The summed E-state index contributed by atoms with van der Waals surface area (Å²) < 4.78 is 44.8. The van der Waals surface area contributed by atoms with E-state index < -0.39 is 23.3 Å². The van der Waals surface area contributed by atoms with Crippen LogP contribution in [-0.2, 0) is 11.0 Å². The first kappa shape index (κ1) is 22.4. The Morgan fingerprint density at radius 2 is 1.86 bits per heavy atom. The molecule has 0 aromatic heterocycles. The van der Waals surface area contributed by atoms with Crippen LogP contribution in [0.1, 0.15) is 23.1 Å². The van der Waals surface area contributed by atoms with Crippen molar-refractivity contribution in [1.29, 1.82) is 0 Å². The Morgan fingerprint density at radius 1 is 1.18 bits per heavy atom. The molecule has 0 atom stereocenters. The van der Waals surface area contributed by atoms with E-state index in [0.29, 0.717) is 18.8 Å². The minimum absolute atomic E-state index is 0.0338. The minimum atomic E-state index is -4.59. The molecule has 0 unspecified atom stereocenters. The number of rotatable bonds is 8. The van der Waals surface area contributed by atoms with E-state index in [1.807, 2.05) is 26.0 Å². The second-order valence-corrected chi connectivity index (χ2v) is 7.80. The van der Waals surface area contributed by atoms with Gasteiger partial charge in [-0.3, -0.25) is 4.79 Å².